The number of anilines is 1. The Morgan fingerprint density at radius 3 is 2.37 bits per heavy atom. The SMILES string of the molecule is O=C(Nc1ccc(F)c(C(F)(F)F)c1)C1CCCN(S(=O)(=O)c2ccc(F)cc2)C1. The lowest BCUT2D eigenvalue weighted by atomic mass is 9.98. The third-order valence-electron chi connectivity index (χ3n) is 4.75. The smallest absolute Gasteiger partial charge is 0.326 e. The van der Waals surface area contributed by atoms with Crippen LogP contribution in [0.3, 0.4) is 0 Å². The fourth-order valence-corrected chi connectivity index (χ4v) is 4.72. The van der Waals surface area contributed by atoms with Crippen molar-refractivity contribution in [2.45, 2.75) is 23.9 Å². The molecule has 3 rings (SSSR count). The lowest BCUT2D eigenvalue weighted by molar-refractivity contribution is -0.140. The molecule has 0 saturated carbocycles. The predicted molar refractivity (Wildman–Crippen MR) is 97.9 cm³/mol. The van der Waals surface area contributed by atoms with Crippen molar-refractivity contribution < 1.29 is 35.2 Å². The molecule has 1 aliphatic rings. The van der Waals surface area contributed by atoms with Crippen molar-refractivity contribution in [1.82, 2.24) is 4.31 Å². The highest BCUT2D eigenvalue weighted by molar-refractivity contribution is 7.89. The molecule has 0 aromatic heterocycles. The summed E-state index contributed by atoms with van der Waals surface area (Å²) >= 11 is 0. The van der Waals surface area contributed by atoms with Crippen molar-refractivity contribution >= 4 is 21.6 Å². The van der Waals surface area contributed by atoms with E-state index in [4.69, 9.17) is 0 Å². The van der Waals surface area contributed by atoms with Gasteiger partial charge >= 0.3 is 6.18 Å². The summed E-state index contributed by atoms with van der Waals surface area (Å²) in [6.45, 7) is -0.0306. The molecule has 0 radical (unpaired) electrons. The van der Waals surface area contributed by atoms with Gasteiger partial charge in [-0.25, -0.2) is 17.2 Å². The number of nitrogens with zero attached hydrogens (tertiary/aromatic N) is 1. The van der Waals surface area contributed by atoms with E-state index in [1.54, 1.807) is 0 Å². The fraction of sp³-hybridized carbons (Fsp3) is 0.316. The maximum Gasteiger partial charge on any atom is 0.419 e. The molecule has 1 saturated heterocycles. The Bertz CT molecular complexity index is 1040. The molecule has 162 valence electrons. The molecule has 1 atom stereocenters. The molecule has 2 aromatic carbocycles. The van der Waals surface area contributed by atoms with Crippen LogP contribution in [-0.2, 0) is 21.0 Å². The van der Waals surface area contributed by atoms with Crippen molar-refractivity contribution in [2.75, 3.05) is 18.4 Å². The summed E-state index contributed by atoms with van der Waals surface area (Å²) in [5.41, 5.74) is -1.75. The van der Waals surface area contributed by atoms with Gasteiger partial charge < -0.3 is 5.32 Å². The Labute approximate surface area is 169 Å². The number of carbonyl (C=O) groups excluding carboxylic acids is 1. The van der Waals surface area contributed by atoms with Crippen molar-refractivity contribution in [2.24, 2.45) is 5.92 Å². The van der Waals surface area contributed by atoms with Crippen LogP contribution >= 0.6 is 0 Å². The van der Waals surface area contributed by atoms with Crippen LogP contribution in [0.15, 0.2) is 47.4 Å². The first kappa shape index (κ1) is 22.2. The molecule has 1 aliphatic heterocycles. The van der Waals surface area contributed by atoms with Gasteiger partial charge in [-0.3, -0.25) is 4.79 Å². The quantitative estimate of drug-likeness (QED) is 0.719. The number of nitrogens with one attached hydrogen (secondary N) is 1. The number of halogens is 5. The molecular formula is C19H17F5N2O3S. The maximum atomic E-state index is 13.4. The molecule has 11 heteroatoms. The van der Waals surface area contributed by atoms with E-state index in [0.717, 1.165) is 34.6 Å². The number of carbonyl (C=O) groups is 1. The van der Waals surface area contributed by atoms with Crippen LogP contribution in [0.25, 0.3) is 0 Å². The Morgan fingerprint density at radius 2 is 1.73 bits per heavy atom. The molecule has 0 bridgehead atoms. The van der Waals surface area contributed by atoms with Crippen LogP contribution in [0.5, 0.6) is 0 Å². The largest absolute Gasteiger partial charge is 0.419 e. The van der Waals surface area contributed by atoms with E-state index in [0.29, 0.717) is 25.0 Å². The summed E-state index contributed by atoms with van der Waals surface area (Å²) in [5.74, 6) is -3.54. The van der Waals surface area contributed by atoms with Crippen LogP contribution in [0.1, 0.15) is 18.4 Å². The lowest BCUT2D eigenvalue weighted by Gasteiger charge is -2.31. The molecule has 1 fully saturated rings. The predicted octanol–water partition coefficient (Wildman–Crippen LogP) is 4.02. The number of hydrogen-bond donors (Lipinski definition) is 1. The Morgan fingerprint density at radius 1 is 1.07 bits per heavy atom. The standard InChI is InChI=1S/C19H17F5N2O3S/c20-13-3-6-15(7-4-13)30(28,29)26-9-1-2-12(11-26)18(27)25-14-5-8-17(21)16(10-14)19(22,23)24/h3-8,10,12H,1-2,9,11H2,(H,25,27). The second-order valence-electron chi connectivity index (χ2n) is 6.84. The van der Waals surface area contributed by atoms with Crippen LogP contribution < -0.4 is 5.32 Å². The van der Waals surface area contributed by atoms with Gasteiger partial charge in [-0.2, -0.15) is 17.5 Å². The zero-order valence-electron chi connectivity index (χ0n) is 15.4. The van der Waals surface area contributed by atoms with Crippen LogP contribution in [0.2, 0.25) is 0 Å². The van der Waals surface area contributed by atoms with Crippen molar-refractivity contribution in [3.8, 4) is 0 Å². The molecule has 5 nitrogen and oxygen atoms in total. The first-order valence-corrected chi connectivity index (χ1v) is 10.4. The third-order valence-corrected chi connectivity index (χ3v) is 6.62. The summed E-state index contributed by atoms with van der Waals surface area (Å²) < 4.78 is 91.5. The van der Waals surface area contributed by atoms with Crippen LogP contribution in [-0.4, -0.2) is 31.7 Å². The van der Waals surface area contributed by atoms with Gasteiger partial charge in [0.2, 0.25) is 15.9 Å². The molecule has 0 aliphatic carbocycles. The van der Waals surface area contributed by atoms with Gasteiger partial charge in [0.25, 0.3) is 0 Å². The van der Waals surface area contributed by atoms with Gasteiger partial charge in [0, 0.05) is 18.8 Å². The van der Waals surface area contributed by atoms with E-state index >= 15 is 0 Å². The normalized spacial score (nSPS) is 18.2. The minimum absolute atomic E-state index is 0.127. The Hall–Kier alpha value is -2.53. The van der Waals surface area contributed by atoms with Gasteiger partial charge in [0.15, 0.2) is 0 Å². The summed E-state index contributed by atoms with van der Waals surface area (Å²) in [6.07, 6.45) is -4.24. The zero-order chi connectivity index (χ0) is 22.1. The fourth-order valence-electron chi connectivity index (χ4n) is 3.19. The van der Waals surface area contributed by atoms with E-state index < -0.39 is 45.2 Å². The van der Waals surface area contributed by atoms with E-state index in [1.807, 2.05) is 0 Å². The minimum atomic E-state index is -4.92. The molecule has 2 aromatic rings. The number of amides is 1. The molecule has 1 amide bonds. The Balaban J connectivity index is 1.74. The number of hydrogen-bond acceptors (Lipinski definition) is 3. The van der Waals surface area contributed by atoms with Gasteiger partial charge in [0.05, 0.1) is 16.4 Å². The number of alkyl halides is 3. The van der Waals surface area contributed by atoms with Crippen molar-refractivity contribution in [3.05, 3.63) is 59.7 Å². The Kier molecular flexibility index (Phi) is 6.14. The molecule has 1 heterocycles. The van der Waals surface area contributed by atoms with E-state index in [-0.39, 0.29) is 23.7 Å². The third kappa shape index (κ3) is 4.78. The number of piperidine rings is 1. The van der Waals surface area contributed by atoms with Gasteiger partial charge in [0.1, 0.15) is 11.6 Å². The first-order valence-electron chi connectivity index (χ1n) is 8.92. The monoisotopic (exact) mass is 448 g/mol. The summed E-state index contributed by atoms with van der Waals surface area (Å²) in [6, 6.07) is 6.34. The first-order chi connectivity index (χ1) is 14.0. The average Bonchev–Trinajstić information content (AvgIpc) is 2.69. The molecule has 30 heavy (non-hydrogen) atoms. The molecular weight excluding hydrogens is 431 g/mol. The van der Waals surface area contributed by atoms with E-state index in [2.05, 4.69) is 5.32 Å². The molecule has 0 spiro atoms. The summed E-state index contributed by atoms with van der Waals surface area (Å²) in [7, 11) is -3.96. The highest BCUT2D eigenvalue weighted by atomic mass is 32.2. The second kappa shape index (κ2) is 8.31. The van der Waals surface area contributed by atoms with Crippen LogP contribution in [0.4, 0.5) is 27.6 Å². The van der Waals surface area contributed by atoms with E-state index in [1.165, 1.54) is 0 Å². The highest BCUT2D eigenvalue weighted by Crippen LogP contribution is 2.33. The summed E-state index contributed by atoms with van der Waals surface area (Å²) in [4.78, 5) is 12.4. The van der Waals surface area contributed by atoms with Crippen molar-refractivity contribution in [3.63, 3.8) is 0 Å². The topological polar surface area (TPSA) is 66.5 Å². The average molecular weight is 448 g/mol. The highest BCUT2D eigenvalue weighted by Gasteiger charge is 2.36. The second-order valence-corrected chi connectivity index (χ2v) is 8.78. The van der Waals surface area contributed by atoms with Gasteiger partial charge in [-0.05, 0) is 55.3 Å². The van der Waals surface area contributed by atoms with Gasteiger partial charge in [-0.1, -0.05) is 0 Å². The number of rotatable bonds is 4. The molecule has 1 N–H and O–H groups in total. The van der Waals surface area contributed by atoms with Crippen LogP contribution in [0, 0.1) is 17.6 Å². The zero-order valence-corrected chi connectivity index (χ0v) is 16.2. The number of benzene rings is 2. The van der Waals surface area contributed by atoms with Crippen molar-refractivity contribution in [1.29, 1.82) is 0 Å². The minimum Gasteiger partial charge on any atom is -0.326 e. The molecule has 1 unspecified atom stereocenters. The lowest BCUT2D eigenvalue weighted by Crippen LogP contribution is -2.43. The number of sulfonamides is 1. The van der Waals surface area contributed by atoms with Gasteiger partial charge in [-0.15, -0.1) is 0 Å². The van der Waals surface area contributed by atoms with E-state index in [9.17, 15) is 35.2 Å². The maximum absolute atomic E-state index is 13.4. The summed E-state index contributed by atoms with van der Waals surface area (Å²) in [5, 5.41) is 2.29.